The number of rotatable bonds is 4. The van der Waals surface area contributed by atoms with Crippen molar-refractivity contribution in [1.29, 1.82) is 0 Å². The van der Waals surface area contributed by atoms with E-state index in [1.807, 2.05) is 12.1 Å². The summed E-state index contributed by atoms with van der Waals surface area (Å²) in [6.45, 7) is 0. The molecule has 21 heavy (non-hydrogen) atoms. The summed E-state index contributed by atoms with van der Waals surface area (Å²) in [5.74, 6) is 0.777. The second kappa shape index (κ2) is 6.36. The van der Waals surface area contributed by atoms with Crippen LogP contribution < -0.4 is 0 Å². The molecule has 2 aromatic heterocycles. The summed E-state index contributed by atoms with van der Waals surface area (Å²) in [6.07, 6.45) is 3.35. The van der Waals surface area contributed by atoms with Gasteiger partial charge in [-0.25, -0.2) is 4.39 Å². The molecule has 0 radical (unpaired) electrons. The normalized spacial score (nSPS) is 10.8. The summed E-state index contributed by atoms with van der Waals surface area (Å²) in [7, 11) is 0. The first-order valence-electron chi connectivity index (χ1n) is 6.03. The first-order chi connectivity index (χ1) is 10.2. The van der Waals surface area contributed by atoms with Gasteiger partial charge in [0.1, 0.15) is 5.82 Å². The predicted molar refractivity (Wildman–Crippen MR) is 81.2 cm³/mol. The van der Waals surface area contributed by atoms with Gasteiger partial charge in [0.25, 0.3) is 5.22 Å². The van der Waals surface area contributed by atoms with Crippen molar-refractivity contribution >= 4 is 27.7 Å². The lowest BCUT2D eigenvalue weighted by molar-refractivity contribution is 0.465. The van der Waals surface area contributed by atoms with Crippen LogP contribution in [0, 0.1) is 5.82 Å². The van der Waals surface area contributed by atoms with Crippen molar-refractivity contribution in [3.8, 4) is 11.5 Å². The number of halogens is 2. The molecule has 0 aliphatic carbocycles. The number of hydrogen-bond donors (Lipinski definition) is 0. The highest BCUT2D eigenvalue weighted by Gasteiger charge is 2.09. The molecule has 3 aromatic rings. The molecule has 0 amide bonds. The Morgan fingerprint density at radius 3 is 2.90 bits per heavy atom. The lowest BCUT2D eigenvalue weighted by Gasteiger charge is -2.00. The fourth-order valence-corrected chi connectivity index (χ4v) is 2.78. The zero-order valence-corrected chi connectivity index (χ0v) is 13.1. The molecular weight excluding hydrogens is 357 g/mol. The summed E-state index contributed by atoms with van der Waals surface area (Å²) < 4.78 is 19.2. The van der Waals surface area contributed by atoms with Crippen molar-refractivity contribution < 1.29 is 8.81 Å². The minimum absolute atomic E-state index is 0.277. The SMILES string of the molecule is Fc1ccc(CSc2nnc(-c3cccnc3)o2)cc1Br. The molecule has 2 heterocycles. The largest absolute Gasteiger partial charge is 0.411 e. The van der Waals surface area contributed by atoms with Crippen molar-refractivity contribution in [2.24, 2.45) is 0 Å². The van der Waals surface area contributed by atoms with E-state index in [4.69, 9.17) is 4.42 Å². The van der Waals surface area contributed by atoms with Crippen LogP contribution in [0.2, 0.25) is 0 Å². The Labute approximate surface area is 132 Å². The Morgan fingerprint density at radius 2 is 2.14 bits per heavy atom. The molecule has 7 heteroatoms. The summed E-state index contributed by atoms with van der Waals surface area (Å²) in [6, 6.07) is 8.55. The average molecular weight is 366 g/mol. The summed E-state index contributed by atoms with van der Waals surface area (Å²) >= 11 is 4.56. The maximum Gasteiger partial charge on any atom is 0.277 e. The summed E-state index contributed by atoms with van der Waals surface area (Å²) in [5, 5.41) is 8.43. The molecule has 0 saturated heterocycles. The van der Waals surface area contributed by atoms with Gasteiger partial charge in [-0.05, 0) is 45.8 Å². The Balaban J connectivity index is 1.69. The fourth-order valence-electron chi connectivity index (χ4n) is 1.65. The van der Waals surface area contributed by atoms with Crippen molar-refractivity contribution in [1.82, 2.24) is 15.2 Å². The first kappa shape index (κ1) is 14.2. The minimum atomic E-state index is -0.277. The zero-order chi connectivity index (χ0) is 14.7. The Kier molecular flexibility index (Phi) is 4.31. The Bertz CT molecular complexity index is 751. The molecule has 0 atom stereocenters. The Morgan fingerprint density at radius 1 is 1.24 bits per heavy atom. The van der Waals surface area contributed by atoms with Gasteiger partial charge >= 0.3 is 0 Å². The van der Waals surface area contributed by atoms with E-state index in [9.17, 15) is 4.39 Å². The van der Waals surface area contributed by atoms with Gasteiger partial charge in [0.05, 0.1) is 10.0 Å². The topological polar surface area (TPSA) is 51.8 Å². The molecular formula is C14H9BrFN3OS. The van der Waals surface area contributed by atoms with Crippen LogP contribution in [0.5, 0.6) is 0 Å². The van der Waals surface area contributed by atoms with Crippen LogP contribution in [0.1, 0.15) is 5.56 Å². The second-order valence-electron chi connectivity index (χ2n) is 4.15. The van der Waals surface area contributed by atoms with E-state index in [0.717, 1.165) is 11.1 Å². The summed E-state index contributed by atoms with van der Waals surface area (Å²) in [5.41, 5.74) is 1.75. The van der Waals surface area contributed by atoms with E-state index >= 15 is 0 Å². The maximum absolute atomic E-state index is 13.2. The van der Waals surface area contributed by atoms with Crippen molar-refractivity contribution in [2.75, 3.05) is 0 Å². The molecule has 0 aliphatic heterocycles. The van der Waals surface area contributed by atoms with Crippen LogP contribution in [0.15, 0.2) is 56.8 Å². The molecule has 0 unspecified atom stereocenters. The van der Waals surface area contributed by atoms with Crippen LogP contribution in [0.3, 0.4) is 0 Å². The van der Waals surface area contributed by atoms with Crippen molar-refractivity contribution in [2.45, 2.75) is 11.0 Å². The number of aromatic nitrogens is 3. The lowest BCUT2D eigenvalue weighted by atomic mass is 10.2. The highest BCUT2D eigenvalue weighted by atomic mass is 79.9. The molecule has 0 bridgehead atoms. The molecule has 3 rings (SSSR count). The van der Waals surface area contributed by atoms with Crippen LogP contribution in [0.25, 0.3) is 11.5 Å². The van der Waals surface area contributed by atoms with Crippen molar-refractivity contribution in [3.05, 3.63) is 58.6 Å². The molecule has 0 N–H and O–H groups in total. The molecule has 0 aliphatic rings. The van der Waals surface area contributed by atoms with Gasteiger partial charge in [-0.1, -0.05) is 17.8 Å². The molecule has 0 saturated carbocycles. The third kappa shape index (κ3) is 3.48. The maximum atomic E-state index is 13.2. The number of pyridine rings is 1. The van der Waals surface area contributed by atoms with E-state index in [-0.39, 0.29) is 5.82 Å². The quantitative estimate of drug-likeness (QED) is 0.644. The van der Waals surface area contributed by atoms with Crippen LogP contribution in [-0.2, 0) is 5.75 Å². The molecule has 0 fully saturated rings. The van der Waals surface area contributed by atoms with Crippen molar-refractivity contribution in [3.63, 3.8) is 0 Å². The third-order valence-electron chi connectivity index (χ3n) is 2.66. The number of thioether (sulfide) groups is 1. The van der Waals surface area contributed by atoms with E-state index in [0.29, 0.717) is 21.3 Å². The zero-order valence-electron chi connectivity index (χ0n) is 10.7. The van der Waals surface area contributed by atoms with E-state index in [1.165, 1.54) is 17.8 Å². The number of nitrogens with zero attached hydrogens (tertiary/aromatic N) is 3. The van der Waals surface area contributed by atoms with E-state index in [1.54, 1.807) is 24.5 Å². The lowest BCUT2D eigenvalue weighted by Crippen LogP contribution is -1.84. The first-order valence-corrected chi connectivity index (χ1v) is 7.81. The molecule has 0 spiro atoms. The highest BCUT2D eigenvalue weighted by Crippen LogP contribution is 2.26. The Hall–Kier alpha value is -1.73. The van der Waals surface area contributed by atoms with Gasteiger partial charge in [-0.2, -0.15) is 0 Å². The minimum Gasteiger partial charge on any atom is -0.411 e. The number of benzene rings is 1. The average Bonchev–Trinajstić information content (AvgIpc) is 2.98. The monoisotopic (exact) mass is 365 g/mol. The van der Waals surface area contributed by atoms with Crippen LogP contribution in [0.4, 0.5) is 4.39 Å². The van der Waals surface area contributed by atoms with Gasteiger partial charge in [0, 0.05) is 18.1 Å². The standard InChI is InChI=1S/C14H9BrFN3OS/c15-11-6-9(3-4-12(11)16)8-21-14-19-18-13(20-14)10-2-1-5-17-7-10/h1-7H,8H2. The number of hydrogen-bond acceptors (Lipinski definition) is 5. The van der Waals surface area contributed by atoms with Gasteiger partial charge < -0.3 is 4.42 Å². The van der Waals surface area contributed by atoms with Gasteiger partial charge in [0.15, 0.2) is 0 Å². The molecule has 106 valence electrons. The van der Waals surface area contributed by atoms with Gasteiger partial charge in [-0.3, -0.25) is 4.98 Å². The highest BCUT2D eigenvalue weighted by molar-refractivity contribution is 9.10. The second-order valence-corrected chi connectivity index (χ2v) is 5.93. The van der Waals surface area contributed by atoms with E-state index < -0.39 is 0 Å². The van der Waals surface area contributed by atoms with Gasteiger partial charge in [0.2, 0.25) is 5.89 Å². The van der Waals surface area contributed by atoms with Gasteiger partial charge in [-0.15, -0.1) is 10.2 Å². The fraction of sp³-hybridized carbons (Fsp3) is 0.0714. The van der Waals surface area contributed by atoms with E-state index in [2.05, 4.69) is 31.1 Å². The van der Waals surface area contributed by atoms with Crippen LogP contribution in [-0.4, -0.2) is 15.2 Å². The molecule has 1 aromatic carbocycles. The third-order valence-corrected chi connectivity index (χ3v) is 4.16. The molecule has 4 nitrogen and oxygen atoms in total. The predicted octanol–water partition coefficient (Wildman–Crippen LogP) is 4.33. The summed E-state index contributed by atoms with van der Waals surface area (Å²) in [4.78, 5) is 4.01. The smallest absolute Gasteiger partial charge is 0.277 e. The van der Waals surface area contributed by atoms with Crippen LogP contribution >= 0.6 is 27.7 Å².